The Labute approximate surface area is 204 Å². The first-order valence-electron chi connectivity index (χ1n) is 11.5. The van der Waals surface area contributed by atoms with Crippen molar-refractivity contribution in [2.24, 2.45) is 5.92 Å². The lowest BCUT2D eigenvalue weighted by Crippen LogP contribution is -2.45. The molecule has 3 aromatic carbocycles. The maximum Gasteiger partial charge on any atom is 0.190 e. The summed E-state index contributed by atoms with van der Waals surface area (Å²) < 4.78 is 0. The summed E-state index contributed by atoms with van der Waals surface area (Å²) in [5.74, 6) is -2.95. The number of Topliss-reactive ketones (excluding diaryl/α,β-unsaturated/α-hetero) is 2. The lowest BCUT2D eigenvalue weighted by atomic mass is 9.56. The first-order valence-corrected chi connectivity index (χ1v) is 11.5. The van der Waals surface area contributed by atoms with Gasteiger partial charge in [0.25, 0.3) is 0 Å². The molecule has 2 atom stereocenters. The summed E-state index contributed by atoms with van der Waals surface area (Å²) >= 11 is 0. The molecule has 0 saturated carbocycles. The van der Waals surface area contributed by atoms with Crippen LogP contribution in [0.4, 0.5) is 0 Å². The molecule has 1 spiro atoms. The predicted molar refractivity (Wildman–Crippen MR) is 128 cm³/mol. The van der Waals surface area contributed by atoms with E-state index in [4.69, 9.17) is 0 Å². The van der Waals surface area contributed by atoms with Crippen molar-refractivity contribution in [2.75, 3.05) is 0 Å². The van der Waals surface area contributed by atoms with Gasteiger partial charge in [0.05, 0.1) is 16.5 Å². The third-order valence-electron chi connectivity index (χ3n) is 8.07. The highest BCUT2D eigenvalue weighted by Crippen LogP contribution is 2.66. The van der Waals surface area contributed by atoms with E-state index < -0.39 is 28.6 Å². The molecule has 0 radical (unpaired) electrons. The average Bonchev–Trinajstić information content (AvgIpc) is 3.04. The van der Waals surface area contributed by atoms with Crippen LogP contribution >= 0.6 is 0 Å². The van der Waals surface area contributed by atoms with Crippen LogP contribution in [0.1, 0.15) is 55.0 Å². The van der Waals surface area contributed by atoms with Gasteiger partial charge in [-0.15, -0.1) is 0 Å². The van der Waals surface area contributed by atoms with E-state index in [-0.39, 0.29) is 52.6 Å². The number of phenolic OH excluding ortho intramolecular Hbond substituents is 4. The molecule has 4 aliphatic carbocycles. The molecule has 0 fully saturated rings. The molecular formula is C29H18O7. The number of rotatable bonds is 0. The Hall–Kier alpha value is -4.65. The second kappa shape index (κ2) is 6.51. The molecule has 0 amide bonds. The number of benzene rings is 3. The van der Waals surface area contributed by atoms with E-state index in [1.165, 1.54) is 24.3 Å². The standard InChI is InChI=1S/C29H18O7/c30-12-8-15-26(23(35)9-12)24(36)11-18-22(34)10-14-16(2-1-3-19(14)31)29(18)17-5-7-21(33)27-20(32)6-4-13(25(17)27)28(15)29/h1-9,18,30-31,33,35H,10-11H2/t18-,29-/m1/s1. The Morgan fingerprint density at radius 1 is 0.778 bits per heavy atom. The third-order valence-corrected chi connectivity index (χ3v) is 8.07. The van der Waals surface area contributed by atoms with E-state index in [1.807, 2.05) is 0 Å². The molecule has 4 aliphatic rings. The summed E-state index contributed by atoms with van der Waals surface area (Å²) in [5, 5.41) is 42.7. The van der Waals surface area contributed by atoms with E-state index >= 15 is 0 Å². The number of carbonyl (C=O) groups is 3. The van der Waals surface area contributed by atoms with Crippen LogP contribution in [0.25, 0.3) is 11.1 Å². The fraction of sp³-hybridized carbons (Fsp3) is 0.138. The number of carbonyl (C=O) groups excluding carboxylic acids is 3. The number of allylic oxidation sites excluding steroid dienone is 4. The number of ketones is 3. The Bertz CT molecular complexity index is 1690. The monoisotopic (exact) mass is 478 g/mol. The smallest absolute Gasteiger partial charge is 0.190 e. The van der Waals surface area contributed by atoms with E-state index in [1.54, 1.807) is 24.3 Å². The van der Waals surface area contributed by atoms with Crippen LogP contribution in [-0.4, -0.2) is 37.8 Å². The number of hydrogen-bond donors (Lipinski definition) is 4. The van der Waals surface area contributed by atoms with Crippen molar-refractivity contribution >= 4 is 28.5 Å². The van der Waals surface area contributed by atoms with Gasteiger partial charge in [-0.3, -0.25) is 14.4 Å². The Morgan fingerprint density at radius 2 is 1.58 bits per heavy atom. The van der Waals surface area contributed by atoms with Crippen LogP contribution < -0.4 is 0 Å². The molecule has 3 aromatic rings. The highest BCUT2D eigenvalue weighted by atomic mass is 16.3. The second-order valence-electron chi connectivity index (χ2n) is 9.69. The van der Waals surface area contributed by atoms with E-state index in [2.05, 4.69) is 0 Å². The maximum atomic E-state index is 13.8. The van der Waals surface area contributed by atoms with Gasteiger partial charge in [-0.05, 0) is 52.1 Å². The third kappa shape index (κ3) is 2.21. The summed E-state index contributed by atoms with van der Waals surface area (Å²) in [6.07, 6.45) is 2.62. The quantitative estimate of drug-likeness (QED) is 0.386. The molecule has 7 heteroatoms. The van der Waals surface area contributed by atoms with Crippen LogP contribution in [0.2, 0.25) is 0 Å². The van der Waals surface area contributed by atoms with Crippen LogP contribution in [0.15, 0.2) is 54.6 Å². The van der Waals surface area contributed by atoms with Gasteiger partial charge < -0.3 is 20.4 Å². The molecule has 0 heterocycles. The van der Waals surface area contributed by atoms with Crippen LogP contribution in [-0.2, 0) is 16.6 Å². The minimum absolute atomic E-state index is 0.0116. The van der Waals surface area contributed by atoms with Crippen LogP contribution in [0.3, 0.4) is 0 Å². The second-order valence-corrected chi connectivity index (χ2v) is 9.69. The van der Waals surface area contributed by atoms with Crippen molar-refractivity contribution in [2.45, 2.75) is 18.3 Å². The largest absolute Gasteiger partial charge is 0.508 e. The molecular weight excluding hydrogens is 460 g/mol. The molecule has 4 N–H and O–H groups in total. The van der Waals surface area contributed by atoms with E-state index in [0.29, 0.717) is 33.4 Å². The molecule has 0 saturated heterocycles. The van der Waals surface area contributed by atoms with Gasteiger partial charge >= 0.3 is 0 Å². The van der Waals surface area contributed by atoms with Gasteiger partial charge in [0.1, 0.15) is 28.8 Å². The van der Waals surface area contributed by atoms with Crippen LogP contribution in [0.5, 0.6) is 23.0 Å². The maximum absolute atomic E-state index is 13.8. The van der Waals surface area contributed by atoms with Crippen molar-refractivity contribution in [3.63, 3.8) is 0 Å². The molecule has 7 nitrogen and oxygen atoms in total. The highest BCUT2D eigenvalue weighted by molar-refractivity contribution is 6.24. The van der Waals surface area contributed by atoms with Gasteiger partial charge in [-0.1, -0.05) is 24.3 Å². The summed E-state index contributed by atoms with van der Waals surface area (Å²) in [5.41, 5.74) is 2.08. The molecule has 36 heavy (non-hydrogen) atoms. The van der Waals surface area contributed by atoms with Gasteiger partial charge in [0.2, 0.25) is 0 Å². The van der Waals surface area contributed by atoms with E-state index in [9.17, 15) is 34.8 Å². The SMILES string of the molecule is O=C1C[C@@H]2C(=O)Cc3c(O)cccc3[C@]23C(=C2C=CC(=O)c4c(O)ccc3c42)c2cc(O)cc(O)c21. The zero-order valence-corrected chi connectivity index (χ0v) is 18.7. The lowest BCUT2D eigenvalue weighted by molar-refractivity contribution is -0.124. The zero-order valence-electron chi connectivity index (χ0n) is 18.7. The van der Waals surface area contributed by atoms with Gasteiger partial charge in [0.15, 0.2) is 11.6 Å². The minimum Gasteiger partial charge on any atom is -0.508 e. The molecule has 0 aromatic heterocycles. The zero-order chi connectivity index (χ0) is 25.1. The summed E-state index contributed by atoms with van der Waals surface area (Å²) in [4.78, 5) is 40.3. The molecule has 0 aliphatic heterocycles. The fourth-order valence-corrected chi connectivity index (χ4v) is 6.84. The van der Waals surface area contributed by atoms with Crippen molar-refractivity contribution < 1.29 is 34.8 Å². The fourth-order valence-electron chi connectivity index (χ4n) is 6.84. The number of hydrogen-bond acceptors (Lipinski definition) is 7. The lowest BCUT2D eigenvalue weighted by Gasteiger charge is -2.44. The topological polar surface area (TPSA) is 132 Å². The summed E-state index contributed by atoms with van der Waals surface area (Å²) in [6, 6.07) is 10.5. The van der Waals surface area contributed by atoms with Gasteiger partial charge in [-0.25, -0.2) is 0 Å². The average molecular weight is 478 g/mol. The summed E-state index contributed by atoms with van der Waals surface area (Å²) in [7, 11) is 0. The number of fused-ring (bicyclic) bond motifs is 3. The predicted octanol–water partition coefficient (Wildman–Crippen LogP) is 3.80. The number of phenols is 4. The first kappa shape index (κ1) is 20.7. The van der Waals surface area contributed by atoms with Crippen molar-refractivity contribution in [3.8, 4) is 23.0 Å². The Morgan fingerprint density at radius 3 is 2.39 bits per heavy atom. The molecule has 0 unspecified atom stereocenters. The number of aromatic hydroxyl groups is 4. The normalized spacial score (nSPS) is 23.0. The van der Waals surface area contributed by atoms with Crippen molar-refractivity contribution in [1.29, 1.82) is 0 Å². The van der Waals surface area contributed by atoms with Gasteiger partial charge in [-0.2, -0.15) is 0 Å². The Kier molecular flexibility index (Phi) is 3.75. The molecule has 7 rings (SSSR count). The highest BCUT2D eigenvalue weighted by Gasteiger charge is 2.60. The molecule has 176 valence electrons. The molecule has 0 bridgehead atoms. The van der Waals surface area contributed by atoms with Crippen molar-refractivity contribution in [1.82, 2.24) is 0 Å². The first-order chi connectivity index (χ1) is 17.2. The summed E-state index contributed by atoms with van der Waals surface area (Å²) in [6.45, 7) is 0. The van der Waals surface area contributed by atoms with E-state index in [0.717, 1.165) is 6.07 Å². The van der Waals surface area contributed by atoms with Crippen LogP contribution in [0, 0.1) is 5.92 Å². The Balaban J connectivity index is 1.77. The minimum atomic E-state index is -1.30. The van der Waals surface area contributed by atoms with Crippen molar-refractivity contribution in [3.05, 3.63) is 93.6 Å². The van der Waals surface area contributed by atoms with Gasteiger partial charge in [0, 0.05) is 36.0 Å².